The molecule has 1 heterocycles. The van der Waals surface area contributed by atoms with Crippen LogP contribution in [-0.2, 0) is 17.9 Å². The molecule has 3 rings (SSSR count). The van der Waals surface area contributed by atoms with Gasteiger partial charge >= 0.3 is 5.97 Å². The molecule has 0 fully saturated rings. The van der Waals surface area contributed by atoms with Crippen LogP contribution >= 0.6 is 34.2 Å². The van der Waals surface area contributed by atoms with Gasteiger partial charge in [0, 0.05) is 21.0 Å². The van der Waals surface area contributed by atoms with E-state index in [1.165, 1.54) is 5.54 Å². The fourth-order valence-corrected chi connectivity index (χ4v) is 3.72. The first-order valence-corrected chi connectivity index (χ1v) is 10.1. The van der Waals surface area contributed by atoms with E-state index in [2.05, 4.69) is 22.6 Å². The van der Waals surface area contributed by atoms with Crippen LogP contribution in [0.25, 0.3) is 10.9 Å². The number of rotatable bonds is 7. The first-order chi connectivity index (χ1) is 13.2. The summed E-state index contributed by atoms with van der Waals surface area (Å²) >= 11 is 7.98. The highest BCUT2D eigenvalue weighted by atomic mass is 127. The first kappa shape index (κ1) is 19.8. The number of benzene rings is 2. The topological polar surface area (TPSA) is 40.5 Å². The molecule has 0 saturated carbocycles. The van der Waals surface area contributed by atoms with Crippen LogP contribution in [0.2, 0.25) is 0 Å². The lowest BCUT2D eigenvalue weighted by atomic mass is 10.2. The third kappa shape index (κ3) is 4.47. The van der Waals surface area contributed by atoms with Crippen molar-refractivity contribution >= 4 is 51.1 Å². The first-order valence-electron chi connectivity index (χ1n) is 8.56. The summed E-state index contributed by atoms with van der Waals surface area (Å²) in [5.41, 5.74) is 3.94. The summed E-state index contributed by atoms with van der Waals surface area (Å²) in [4.78, 5) is 12.5. The zero-order valence-corrected chi connectivity index (χ0v) is 17.7. The van der Waals surface area contributed by atoms with Gasteiger partial charge in [-0.15, -0.1) is 0 Å². The minimum atomic E-state index is -0.360. The van der Waals surface area contributed by atoms with Gasteiger partial charge in [0.2, 0.25) is 0 Å². The molecule has 0 N–H and O–H groups in total. The molecule has 0 aliphatic carbocycles. The summed E-state index contributed by atoms with van der Waals surface area (Å²) < 4.78 is 14.2. The van der Waals surface area contributed by atoms with Gasteiger partial charge in [-0.3, -0.25) is 0 Å². The van der Waals surface area contributed by atoms with Crippen molar-refractivity contribution in [3.8, 4) is 5.75 Å². The maximum absolute atomic E-state index is 12.5. The molecule has 0 spiro atoms. The summed E-state index contributed by atoms with van der Waals surface area (Å²) in [6.45, 7) is 3.04. The Kier molecular flexibility index (Phi) is 6.79. The Morgan fingerprint density at radius 1 is 1.22 bits per heavy atom. The lowest BCUT2D eigenvalue weighted by Crippen LogP contribution is -2.11. The van der Waals surface area contributed by atoms with Crippen LogP contribution in [0.1, 0.15) is 23.0 Å². The number of hydrogen-bond donors (Lipinski definition) is 0. The molecular formula is C21H19ClINO3. The van der Waals surface area contributed by atoms with E-state index in [0.29, 0.717) is 25.5 Å². The number of carbonyl (C=O) groups is 1. The van der Waals surface area contributed by atoms with Crippen LogP contribution in [-0.4, -0.2) is 17.1 Å². The number of nitrogens with zero attached hydrogens (tertiary/aromatic N) is 1. The summed E-state index contributed by atoms with van der Waals surface area (Å²) in [7, 11) is 0. The molecule has 6 heteroatoms. The van der Waals surface area contributed by atoms with Crippen LogP contribution in [0, 0.1) is 3.57 Å². The Morgan fingerprint density at radius 3 is 2.70 bits per heavy atom. The van der Waals surface area contributed by atoms with Gasteiger partial charge in [-0.1, -0.05) is 48.0 Å². The molecule has 0 saturated heterocycles. The van der Waals surface area contributed by atoms with Crippen molar-refractivity contribution in [3.05, 3.63) is 75.0 Å². The van der Waals surface area contributed by atoms with E-state index >= 15 is 0 Å². The largest absolute Gasteiger partial charge is 0.488 e. The molecule has 0 aliphatic heterocycles. The van der Waals surface area contributed by atoms with E-state index in [-0.39, 0.29) is 5.97 Å². The number of carbonyl (C=O) groups excluding carboxylic acids is 1. The van der Waals surface area contributed by atoms with Gasteiger partial charge in [0.1, 0.15) is 18.1 Å². The summed E-state index contributed by atoms with van der Waals surface area (Å²) in [6, 6.07) is 15.7. The van der Waals surface area contributed by atoms with Gasteiger partial charge in [-0.05, 0) is 53.3 Å². The Balaban J connectivity index is 2.05. The molecule has 2 aromatic carbocycles. The van der Waals surface area contributed by atoms with Crippen LogP contribution in [0.15, 0.2) is 60.1 Å². The highest BCUT2D eigenvalue weighted by Crippen LogP contribution is 2.33. The van der Waals surface area contributed by atoms with E-state index in [9.17, 15) is 4.79 Å². The van der Waals surface area contributed by atoms with Gasteiger partial charge in [-0.25, -0.2) is 4.79 Å². The Labute approximate surface area is 176 Å². The fraction of sp³-hybridized carbons (Fsp3) is 0.190. The van der Waals surface area contributed by atoms with Gasteiger partial charge in [0.05, 0.1) is 12.1 Å². The Morgan fingerprint density at radius 2 is 2.00 bits per heavy atom. The van der Waals surface area contributed by atoms with Gasteiger partial charge in [-0.2, -0.15) is 0 Å². The minimum Gasteiger partial charge on any atom is -0.488 e. The number of halogens is 2. The molecule has 140 valence electrons. The summed E-state index contributed by atoms with van der Waals surface area (Å²) in [5, 5.41) is 0.879. The molecule has 27 heavy (non-hydrogen) atoms. The molecule has 0 atom stereocenters. The summed E-state index contributed by atoms with van der Waals surface area (Å²) in [5.74, 6) is 0.370. The molecule has 0 amide bonds. The molecular weight excluding hydrogens is 477 g/mol. The third-order valence-corrected chi connectivity index (χ3v) is 5.12. The van der Waals surface area contributed by atoms with Crippen LogP contribution < -0.4 is 4.74 Å². The monoisotopic (exact) mass is 495 g/mol. The molecule has 0 bridgehead atoms. The Hall–Kier alpha value is -1.99. The van der Waals surface area contributed by atoms with Crippen molar-refractivity contribution in [2.24, 2.45) is 0 Å². The summed E-state index contributed by atoms with van der Waals surface area (Å²) in [6.07, 6.45) is 1.79. The zero-order valence-electron chi connectivity index (χ0n) is 14.8. The lowest BCUT2D eigenvalue weighted by Gasteiger charge is -2.11. The van der Waals surface area contributed by atoms with E-state index in [4.69, 9.17) is 21.1 Å². The fourth-order valence-electron chi connectivity index (χ4n) is 2.88. The van der Waals surface area contributed by atoms with E-state index < -0.39 is 0 Å². The van der Waals surface area contributed by atoms with Gasteiger partial charge in [0.15, 0.2) is 0 Å². The van der Waals surface area contributed by atoms with Crippen LogP contribution in [0.3, 0.4) is 0 Å². The predicted molar refractivity (Wildman–Crippen MR) is 116 cm³/mol. The second-order valence-corrected chi connectivity index (χ2v) is 7.22. The molecule has 0 aliphatic rings. The number of allylic oxidation sites excluding steroid dienone is 1. The number of fused-ring (bicyclic) bond motifs is 1. The molecule has 4 nitrogen and oxygen atoms in total. The lowest BCUT2D eigenvalue weighted by molar-refractivity contribution is 0.0515. The van der Waals surface area contributed by atoms with Crippen molar-refractivity contribution in [2.45, 2.75) is 20.1 Å². The number of hydrogen-bond acceptors (Lipinski definition) is 3. The zero-order chi connectivity index (χ0) is 19.2. The predicted octanol–water partition coefficient (Wildman–Crippen LogP) is 5.75. The van der Waals surface area contributed by atoms with Crippen molar-refractivity contribution < 1.29 is 14.3 Å². The number of esters is 1. The van der Waals surface area contributed by atoms with E-state index in [0.717, 1.165) is 25.8 Å². The van der Waals surface area contributed by atoms with Crippen molar-refractivity contribution in [1.29, 1.82) is 0 Å². The average Bonchev–Trinajstić information content (AvgIpc) is 3.07. The second kappa shape index (κ2) is 9.28. The van der Waals surface area contributed by atoms with Crippen molar-refractivity contribution in [1.82, 2.24) is 4.57 Å². The van der Waals surface area contributed by atoms with E-state index in [1.807, 2.05) is 53.1 Å². The molecule has 0 radical (unpaired) electrons. The quantitative estimate of drug-likeness (QED) is 0.309. The highest BCUT2D eigenvalue weighted by Gasteiger charge is 2.20. The minimum absolute atomic E-state index is 0.320. The SMILES string of the molecule is CCOC(=O)c1cc2c(OCc3ccccc3)ccc(I)c2n1C/C=C/Cl. The Bertz CT molecular complexity index is 966. The molecule has 1 aromatic heterocycles. The standard InChI is InChI=1S/C21H19ClINO3/c1-2-26-21(25)18-13-16-19(27-14-15-7-4-3-5-8-15)10-9-17(23)20(16)24(18)12-6-11-22/h3-11,13H,2,12,14H2,1H3/b11-6+. The normalized spacial score (nSPS) is 11.2. The van der Waals surface area contributed by atoms with Crippen molar-refractivity contribution in [2.75, 3.05) is 6.61 Å². The van der Waals surface area contributed by atoms with Gasteiger partial charge in [0.25, 0.3) is 0 Å². The van der Waals surface area contributed by atoms with Crippen molar-refractivity contribution in [3.63, 3.8) is 0 Å². The smallest absolute Gasteiger partial charge is 0.354 e. The second-order valence-electron chi connectivity index (χ2n) is 5.80. The van der Waals surface area contributed by atoms with Crippen LogP contribution in [0.4, 0.5) is 0 Å². The van der Waals surface area contributed by atoms with Gasteiger partial charge < -0.3 is 14.0 Å². The average molecular weight is 496 g/mol. The van der Waals surface area contributed by atoms with Crippen LogP contribution in [0.5, 0.6) is 5.75 Å². The molecule has 3 aromatic rings. The van der Waals surface area contributed by atoms with E-state index in [1.54, 1.807) is 13.0 Å². The maximum atomic E-state index is 12.5. The molecule has 0 unspecified atom stereocenters. The number of ether oxygens (including phenoxy) is 2. The number of aromatic nitrogens is 1. The maximum Gasteiger partial charge on any atom is 0.354 e. The third-order valence-electron chi connectivity index (χ3n) is 4.07. The highest BCUT2D eigenvalue weighted by molar-refractivity contribution is 14.1.